The van der Waals surface area contributed by atoms with Crippen molar-refractivity contribution in [2.24, 2.45) is 10.2 Å². The van der Waals surface area contributed by atoms with Crippen molar-refractivity contribution in [2.45, 2.75) is 26.7 Å². The minimum atomic E-state index is 1.01. The fraction of sp³-hybridized carbons (Fsp3) is 0.200. The first-order chi connectivity index (χ1) is 10.7. The molecule has 0 heterocycles. The third kappa shape index (κ3) is 4.81. The van der Waals surface area contributed by atoms with E-state index in [2.05, 4.69) is 73.1 Å². The molecule has 22 heavy (non-hydrogen) atoms. The molecule has 0 saturated carbocycles. The molecule has 0 radical (unpaired) electrons. The van der Waals surface area contributed by atoms with E-state index in [-0.39, 0.29) is 0 Å². The number of hydrogen-bond acceptors (Lipinski definition) is 2. The second-order valence-corrected chi connectivity index (χ2v) is 5.42. The van der Waals surface area contributed by atoms with Crippen LogP contribution in [-0.2, 0) is 6.42 Å². The minimum Gasteiger partial charge on any atom is -0.159 e. The Morgan fingerprint density at radius 3 is 2.36 bits per heavy atom. The predicted octanol–water partition coefficient (Wildman–Crippen LogP) is 4.88. The van der Waals surface area contributed by atoms with Crippen LogP contribution in [-0.4, -0.2) is 12.4 Å². The highest BCUT2D eigenvalue weighted by molar-refractivity contribution is 5.83. The van der Waals surface area contributed by atoms with Crippen LogP contribution in [0.25, 0.3) is 0 Å². The van der Waals surface area contributed by atoms with Crippen molar-refractivity contribution in [3.05, 3.63) is 82.9 Å². The summed E-state index contributed by atoms with van der Waals surface area (Å²) in [5.41, 5.74) is 5.94. The van der Waals surface area contributed by atoms with Crippen molar-refractivity contribution >= 4 is 12.4 Å². The van der Waals surface area contributed by atoms with E-state index in [1.54, 1.807) is 12.4 Å². The molecule has 0 bridgehead atoms. The van der Waals surface area contributed by atoms with Crippen LogP contribution >= 0.6 is 0 Å². The largest absolute Gasteiger partial charge is 0.159 e. The van der Waals surface area contributed by atoms with Crippen molar-refractivity contribution in [1.82, 2.24) is 0 Å². The smallest absolute Gasteiger partial charge is 0.0570 e. The fourth-order valence-electron chi connectivity index (χ4n) is 2.21. The van der Waals surface area contributed by atoms with Gasteiger partial charge in [-0.05, 0) is 48.9 Å². The predicted molar refractivity (Wildman–Crippen MR) is 96.1 cm³/mol. The van der Waals surface area contributed by atoms with Gasteiger partial charge in [-0.3, -0.25) is 0 Å². The summed E-state index contributed by atoms with van der Waals surface area (Å²) in [6, 6.07) is 14.7. The summed E-state index contributed by atoms with van der Waals surface area (Å²) in [7, 11) is 0. The maximum atomic E-state index is 4.13. The number of nitrogens with zero attached hydrogens (tertiary/aromatic N) is 2. The zero-order valence-electron chi connectivity index (χ0n) is 13.3. The van der Waals surface area contributed by atoms with Gasteiger partial charge >= 0.3 is 0 Å². The highest BCUT2D eigenvalue weighted by atomic mass is 15.2. The van der Waals surface area contributed by atoms with Gasteiger partial charge in [-0.25, -0.2) is 0 Å². The molecule has 0 unspecified atom stereocenters. The van der Waals surface area contributed by atoms with Gasteiger partial charge in [-0.1, -0.05) is 54.1 Å². The number of benzene rings is 2. The Balaban J connectivity index is 1.96. The Morgan fingerprint density at radius 2 is 1.68 bits per heavy atom. The Morgan fingerprint density at radius 1 is 0.955 bits per heavy atom. The number of allylic oxidation sites excluding steroid dienone is 1. The average molecular weight is 290 g/mol. The molecule has 2 nitrogen and oxygen atoms in total. The summed E-state index contributed by atoms with van der Waals surface area (Å²) in [5, 5.41) is 8.25. The van der Waals surface area contributed by atoms with Crippen LogP contribution in [0.3, 0.4) is 0 Å². The summed E-state index contributed by atoms with van der Waals surface area (Å²) in [6.45, 7) is 7.91. The van der Waals surface area contributed by atoms with Crippen LogP contribution < -0.4 is 0 Å². The molecule has 0 saturated heterocycles. The van der Waals surface area contributed by atoms with Gasteiger partial charge in [-0.2, -0.15) is 10.2 Å². The standard InChI is InChI=1S/C20H22N2/c1-4-5-6-18-8-10-19(11-9-18)14-21-22-15-20-12-7-16(2)13-17(20)3/h4,7-15H,1,5-6H2,2-3H3. The van der Waals surface area contributed by atoms with Gasteiger partial charge in [0.15, 0.2) is 0 Å². The fourth-order valence-corrected chi connectivity index (χ4v) is 2.21. The summed E-state index contributed by atoms with van der Waals surface area (Å²) in [6.07, 6.45) is 7.55. The third-order valence-electron chi connectivity index (χ3n) is 3.51. The van der Waals surface area contributed by atoms with Crippen molar-refractivity contribution < 1.29 is 0 Å². The first kappa shape index (κ1) is 15.9. The zero-order chi connectivity index (χ0) is 15.8. The van der Waals surface area contributed by atoms with E-state index >= 15 is 0 Å². The Kier molecular flexibility index (Phi) is 5.84. The number of rotatable bonds is 6. The lowest BCUT2D eigenvalue weighted by Gasteiger charge is -2.00. The minimum absolute atomic E-state index is 1.01. The summed E-state index contributed by atoms with van der Waals surface area (Å²) in [4.78, 5) is 0. The van der Waals surface area contributed by atoms with Crippen molar-refractivity contribution in [2.75, 3.05) is 0 Å². The van der Waals surface area contributed by atoms with E-state index in [1.807, 2.05) is 6.08 Å². The third-order valence-corrected chi connectivity index (χ3v) is 3.51. The lowest BCUT2D eigenvalue weighted by molar-refractivity contribution is 1.00. The van der Waals surface area contributed by atoms with E-state index in [0.717, 1.165) is 24.0 Å². The highest BCUT2D eigenvalue weighted by Gasteiger charge is 1.94. The van der Waals surface area contributed by atoms with Crippen molar-refractivity contribution in [3.63, 3.8) is 0 Å². The lowest BCUT2D eigenvalue weighted by Crippen LogP contribution is -1.88. The molecule has 0 aliphatic heterocycles. The Labute approximate surface area is 132 Å². The maximum Gasteiger partial charge on any atom is 0.0570 e. The first-order valence-electron chi connectivity index (χ1n) is 7.52. The second-order valence-electron chi connectivity index (χ2n) is 5.42. The molecule has 112 valence electrons. The molecule has 0 aromatic heterocycles. The molecule has 2 heteroatoms. The second kappa shape index (κ2) is 8.08. The van der Waals surface area contributed by atoms with Crippen LogP contribution in [0.1, 0.15) is 34.2 Å². The van der Waals surface area contributed by atoms with E-state index in [1.165, 1.54) is 16.7 Å². The lowest BCUT2D eigenvalue weighted by atomic mass is 10.1. The van der Waals surface area contributed by atoms with Crippen LogP contribution in [0.2, 0.25) is 0 Å². The molecular weight excluding hydrogens is 268 g/mol. The molecule has 0 atom stereocenters. The van der Waals surface area contributed by atoms with Crippen LogP contribution in [0, 0.1) is 13.8 Å². The van der Waals surface area contributed by atoms with Crippen molar-refractivity contribution in [3.8, 4) is 0 Å². The zero-order valence-corrected chi connectivity index (χ0v) is 13.3. The molecule has 0 spiro atoms. The molecule has 2 rings (SSSR count). The van der Waals surface area contributed by atoms with Gasteiger partial charge in [0, 0.05) is 0 Å². The van der Waals surface area contributed by atoms with Gasteiger partial charge < -0.3 is 0 Å². The number of hydrogen-bond donors (Lipinski definition) is 0. The normalized spacial score (nSPS) is 11.4. The maximum absolute atomic E-state index is 4.13. The monoisotopic (exact) mass is 290 g/mol. The topological polar surface area (TPSA) is 24.7 Å². The molecule has 0 aliphatic carbocycles. The molecule has 0 aliphatic rings. The Bertz CT molecular complexity index is 679. The van der Waals surface area contributed by atoms with E-state index in [4.69, 9.17) is 0 Å². The van der Waals surface area contributed by atoms with E-state index in [9.17, 15) is 0 Å². The number of aryl methyl sites for hydroxylation is 3. The van der Waals surface area contributed by atoms with Crippen molar-refractivity contribution in [1.29, 1.82) is 0 Å². The molecule has 0 amide bonds. The van der Waals surface area contributed by atoms with Gasteiger partial charge in [0.2, 0.25) is 0 Å². The van der Waals surface area contributed by atoms with Crippen LogP contribution in [0.15, 0.2) is 65.3 Å². The summed E-state index contributed by atoms with van der Waals surface area (Å²) < 4.78 is 0. The van der Waals surface area contributed by atoms with Crippen LogP contribution in [0.5, 0.6) is 0 Å². The summed E-state index contributed by atoms with van der Waals surface area (Å²) >= 11 is 0. The van der Waals surface area contributed by atoms with Gasteiger partial charge in [0.1, 0.15) is 0 Å². The molecule has 0 fully saturated rings. The Hall–Kier alpha value is -2.48. The SMILES string of the molecule is C=CCCc1ccc(C=NN=Cc2ccc(C)cc2C)cc1. The highest BCUT2D eigenvalue weighted by Crippen LogP contribution is 2.08. The van der Waals surface area contributed by atoms with Gasteiger partial charge in [0.05, 0.1) is 12.4 Å². The van der Waals surface area contributed by atoms with E-state index < -0.39 is 0 Å². The first-order valence-corrected chi connectivity index (χ1v) is 7.52. The quantitative estimate of drug-likeness (QED) is 0.412. The average Bonchev–Trinajstić information content (AvgIpc) is 2.52. The van der Waals surface area contributed by atoms with E-state index in [0.29, 0.717) is 0 Å². The molecular formula is C20H22N2. The molecule has 2 aromatic carbocycles. The van der Waals surface area contributed by atoms with Gasteiger partial charge in [0.25, 0.3) is 0 Å². The van der Waals surface area contributed by atoms with Crippen LogP contribution in [0.4, 0.5) is 0 Å². The molecule has 2 aromatic rings. The summed E-state index contributed by atoms with van der Waals surface area (Å²) in [5.74, 6) is 0. The van der Waals surface area contributed by atoms with Gasteiger partial charge in [-0.15, -0.1) is 6.58 Å². The molecule has 0 N–H and O–H groups in total.